The summed E-state index contributed by atoms with van der Waals surface area (Å²) < 4.78 is 32.0. The van der Waals surface area contributed by atoms with E-state index in [-0.39, 0.29) is 11.5 Å². The van der Waals surface area contributed by atoms with Crippen LogP contribution in [-0.4, -0.2) is 20.9 Å². The van der Waals surface area contributed by atoms with Gasteiger partial charge < -0.3 is 4.74 Å². The first-order valence-corrected chi connectivity index (χ1v) is 9.11. The van der Waals surface area contributed by atoms with Crippen LogP contribution in [0.4, 0.5) is 0 Å². The van der Waals surface area contributed by atoms with Gasteiger partial charge in [0.05, 0.1) is 4.90 Å². The zero-order valence-corrected chi connectivity index (χ0v) is 14.9. The largest absolute Gasteiger partial charge is 0.460 e. The third kappa shape index (κ3) is 5.16. The minimum absolute atomic E-state index is 0.0753. The first-order chi connectivity index (χ1) is 10.9. The first kappa shape index (κ1) is 17.7. The molecule has 0 saturated heterocycles. The van der Waals surface area contributed by atoms with Crippen LogP contribution in [0.25, 0.3) is 0 Å². The second-order valence-corrected chi connectivity index (χ2v) is 7.49. The van der Waals surface area contributed by atoms with Crippen LogP contribution < -0.4 is 4.72 Å². The summed E-state index contributed by atoms with van der Waals surface area (Å²) in [6, 6.07) is 13.9. The van der Waals surface area contributed by atoms with E-state index in [4.69, 9.17) is 4.74 Å². The molecular formula is C16H16BrNO4S. The molecular weight excluding hydrogens is 382 g/mol. The summed E-state index contributed by atoms with van der Waals surface area (Å²) >= 11 is 3.17. The molecule has 122 valence electrons. The lowest BCUT2D eigenvalue weighted by molar-refractivity contribution is -0.143. The fourth-order valence-electron chi connectivity index (χ4n) is 1.79. The fourth-order valence-corrected chi connectivity index (χ4v) is 3.76. The van der Waals surface area contributed by atoms with Crippen molar-refractivity contribution in [2.24, 2.45) is 0 Å². The Kier molecular flexibility index (Phi) is 5.92. The number of hydrogen-bond donors (Lipinski definition) is 1. The molecule has 0 saturated carbocycles. The average molecular weight is 398 g/mol. The molecule has 2 aromatic carbocycles. The predicted molar refractivity (Wildman–Crippen MR) is 90.3 cm³/mol. The summed E-state index contributed by atoms with van der Waals surface area (Å²) in [5.74, 6) is -0.638. The van der Waals surface area contributed by atoms with Crippen LogP contribution in [0.1, 0.15) is 11.1 Å². The van der Waals surface area contributed by atoms with Gasteiger partial charge in [0.1, 0.15) is 13.2 Å². The zero-order chi connectivity index (χ0) is 16.9. The van der Waals surface area contributed by atoms with Crippen molar-refractivity contribution in [1.29, 1.82) is 0 Å². The van der Waals surface area contributed by atoms with E-state index >= 15 is 0 Å². The van der Waals surface area contributed by atoms with Crippen LogP contribution >= 0.6 is 15.9 Å². The van der Waals surface area contributed by atoms with Crippen LogP contribution in [0.2, 0.25) is 0 Å². The maximum Gasteiger partial charge on any atom is 0.321 e. The highest BCUT2D eigenvalue weighted by Crippen LogP contribution is 2.20. The Hall–Kier alpha value is -1.70. The van der Waals surface area contributed by atoms with Gasteiger partial charge in [0, 0.05) is 4.47 Å². The Morgan fingerprint density at radius 1 is 1.13 bits per heavy atom. The van der Waals surface area contributed by atoms with Gasteiger partial charge in [-0.25, -0.2) is 8.42 Å². The number of esters is 1. The number of nitrogens with one attached hydrogen (secondary N) is 1. The normalized spacial score (nSPS) is 11.2. The molecule has 0 fully saturated rings. The highest BCUT2D eigenvalue weighted by atomic mass is 79.9. The minimum Gasteiger partial charge on any atom is -0.460 e. The number of halogens is 1. The van der Waals surface area contributed by atoms with Crippen molar-refractivity contribution < 1.29 is 17.9 Å². The third-order valence-corrected chi connectivity index (χ3v) is 5.47. The van der Waals surface area contributed by atoms with Crippen molar-refractivity contribution in [2.45, 2.75) is 18.4 Å². The fraction of sp³-hybridized carbons (Fsp3) is 0.188. The van der Waals surface area contributed by atoms with Crippen LogP contribution in [-0.2, 0) is 26.2 Å². The SMILES string of the molecule is Cc1ccc(COC(=O)CNS(=O)(=O)c2ccccc2Br)cc1. The van der Waals surface area contributed by atoms with Gasteiger partial charge in [-0.1, -0.05) is 42.0 Å². The van der Waals surface area contributed by atoms with Crippen LogP contribution in [0.5, 0.6) is 0 Å². The first-order valence-electron chi connectivity index (χ1n) is 6.84. The second kappa shape index (κ2) is 7.72. The van der Waals surface area contributed by atoms with Crippen molar-refractivity contribution >= 4 is 31.9 Å². The van der Waals surface area contributed by atoms with Crippen molar-refractivity contribution in [3.8, 4) is 0 Å². The highest BCUT2D eigenvalue weighted by molar-refractivity contribution is 9.10. The van der Waals surface area contributed by atoms with Crippen LogP contribution in [0, 0.1) is 6.92 Å². The molecule has 0 unspecified atom stereocenters. The summed E-state index contributed by atoms with van der Waals surface area (Å²) in [6.45, 7) is 1.65. The molecule has 0 aliphatic carbocycles. The molecule has 1 N–H and O–H groups in total. The lowest BCUT2D eigenvalue weighted by Crippen LogP contribution is -2.30. The van der Waals surface area contributed by atoms with Crippen molar-refractivity contribution in [3.63, 3.8) is 0 Å². The maximum atomic E-state index is 12.1. The van der Waals surface area contributed by atoms with E-state index in [1.165, 1.54) is 6.07 Å². The van der Waals surface area contributed by atoms with E-state index in [9.17, 15) is 13.2 Å². The molecule has 0 amide bonds. The number of aryl methyl sites for hydroxylation is 1. The maximum absolute atomic E-state index is 12.1. The second-order valence-electron chi connectivity index (χ2n) is 4.90. The highest BCUT2D eigenvalue weighted by Gasteiger charge is 2.18. The molecule has 0 spiro atoms. The molecule has 0 aliphatic heterocycles. The Morgan fingerprint density at radius 2 is 1.78 bits per heavy atom. The van der Waals surface area contributed by atoms with Gasteiger partial charge in [-0.3, -0.25) is 4.79 Å². The van der Waals surface area contributed by atoms with Gasteiger partial charge in [0.25, 0.3) is 0 Å². The lowest BCUT2D eigenvalue weighted by atomic mass is 10.2. The Balaban J connectivity index is 1.89. The van der Waals surface area contributed by atoms with Crippen LogP contribution in [0.15, 0.2) is 57.9 Å². The Morgan fingerprint density at radius 3 is 2.43 bits per heavy atom. The standard InChI is InChI=1S/C16H16BrNO4S/c1-12-6-8-13(9-7-12)11-22-16(19)10-18-23(20,21)15-5-3-2-4-14(15)17/h2-9,18H,10-11H2,1H3. The van der Waals surface area contributed by atoms with Crippen molar-refractivity contribution in [2.75, 3.05) is 6.54 Å². The zero-order valence-electron chi connectivity index (χ0n) is 12.5. The summed E-state index contributed by atoms with van der Waals surface area (Å²) in [5, 5.41) is 0. The molecule has 0 atom stereocenters. The topological polar surface area (TPSA) is 72.5 Å². The van der Waals surface area contributed by atoms with Crippen LogP contribution in [0.3, 0.4) is 0 Å². The number of rotatable bonds is 6. The number of carbonyl (C=O) groups is 1. The van der Waals surface area contributed by atoms with E-state index < -0.39 is 22.5 Å². The summed E-state index contributed by atoms with van der Waals surface area (Å²) in [4.78, 5) is 11.8. The number of sulfonamides is 1. The summed E-state index contributed by atoms with van der Waals surface area (Å²) in [6.07, 6.45) is 0. The Bertz CT molecular complexity index is 788. The monoisotopic (exact) mass is 397 g/mol. The van der Waals surface area contributed by atoms with Crippen molar-refractivity contribution in [1.82, 2.24) is 4.72 Å². The molecule has 5 nitrogen and oxygen atoms in total. The summed E-state index contributed by atoms with van der Waals surface area (Å²) in [7, 11) is -3.77. The van der Waals surface area contributed by atoms with E-state index in [2.05, 4.69) is 20.7 Å². The molecule has 0 aliphatic rings. The molecule has 2 aromatic rings. The predicted octanol–water partition coefficient (Wildman–Crippen LogP) is 2.78. The Labute approximate surface area is 143 Å². The van der Waals surface area contributed by atoms with Crippen molar-refractivity contribution in [3.05, 3.63) is 64.1 Å². The van der Waals surface area contributed by atoms with E-state index in [1.807, 2.05) is 31.2 Å². The number of benzene rings is 2. The molecule has 7 heteroatoms. The van der Waals surface area contributed by atoms with E-state index in [0.717, 1.165) is 11.1 Å². The van der Waals surface area contributed by atoms with Gasteiger partial charge in [0.15, 0.2) is 0 Å². The summed E-state index contributed by atoms with van der Waals surface area (Å²) in [5.41, 5.74) is 1.96. The quantitative estimate of drug-likeness (QED) is 0.760. The van der Waals surface area contributed by atoms with Gasteiger partial charge in [-0.15, -0.1) is 0 Å². The lowest BCUT2D eigenvalue weighted by Gasteiger charge is -2.09. The number of carbonyl (C=O) groups excluding carboxylic acids is 1. The van der Waals surface area contributed by atoms with Gasteiger partial charge in [0.2, 0.25) is 10.0 Å². The minimum atomic E-state index is -3.77. The third-order valence-electron chi connectivity index (χ3n) is 3.05. The smallest absolute Gasteiger partial charge is 0.321 e. The molecule has 23 heavy (non-hydrogen) atoms. The number of hydrogen-bond acceptors (Lipinski definition) is 4. The van der Waals surface area contributed by atoms with E-state index in [1.54, 1.807) is 18.2 Å². The van der Waals surface area contributed by atoms with Gasteiger partial charge in [-0.2, -0.15) is 4.72 Å². The average Bonchev–Trinajstić information content (AvgIpc) is 2.53. The molecule has 0 bridgehead atoms. The van der Waals surface area contributed by atoms with E-state index in [0.29, 0.717) is 4.47 Å². The molecule has 2 rings (SSSR count). The molecule has 0 radical (unpaired) electrons. The number of ether oxygens (including phenoxy) is 1. The molecule has 0 heterocycles. The van der Waals surface area contributed by atoms with Gasteiger partial charge >= 0.3 is 5.97 Å². The van der Waals surface area contributed by atoms with Gasteiger partial charge in [-0.05, 0) is 40.5 Å². The molecule has 0 aromatic heterocycles.